The number of ether oxygens (including phenoxy) is 2. The molecule has 0 aromatic heterocycles. The first-order valence-corrected chi connectivity index (χ1v) is 9.14. The lowest BCUT2D eigenvalue weighted by atomic mass is 9.99. The summed E-state index contributed by atoms with van der Waals surface area (Å²) in [5.74, 6) is 0.623. The summed E-state index contributed by atoms with van der Waals surface area (Å²) >= 11 is 0. The average molecular weight is 405 g/mol. The van der Waals surface area contributed by atoms with Crippen LogP contribution in [0.2, 0.25) is 0 Å². The number of carbonyl (C=O) groups excluding carboxylic acids is 1. The number of amides is 1. The van der Waals surface area contributed by atoms with Crippen molar-refractivity contribution in [3.63, 3.8) is 0 Å². The molecule has 2 fully saturated rings. The molecule has 1 aromatic rings. The smallest absolute Gasteiger partial charge is 0.387 e. The Morgan fingerprint density at radius 2 is 2.00 bits per heavy atom. The molecule has 152 valence electrons. The fourth-order valence-corrected chi connectivity index (χ4v) is 3.67. The summed E-state index contributed by atoms with van der Waals surface area (Å²) in [5.41, 5.74) is 6.94. The van der Waals surface area contributed by atoms with E-state index in [1.807, 2.05) is 4.90 Å². The Balaban J connectivity index is 0.00000261. The number of nitrogens with zero attached hydrogens (tertiary/aromatic N) is 1. The zero-order valence-electron chi connectivity index (χ0n) is 15.4. The van der Waals surface area contributed by atoms with E-state index in [1.54, 1.807) is 12.1 Å². The third-order valence-electron chi connectivity index (χ3n) is 5.26. The zero-order valence-corrected chi connectivity index (χ0v) is 16.2. The Bertz CT molecular complexity index is 643. The van der Waals surface area contributed by atoms with E-state index in [4.69, 9.17) is 10.5 Å². The van der Waals surface area contributed by atoms with Crippen molar-refractivity contribution in [3.8, 4) is 11.5 Å². The van der Waals surface area contributed by atoms with Crippen molar-refractivity contribution in [2.24, 2.45) is 11.7 Å². The van der Waals surface area contributed by atoms with E-state index in [-0.39, 0.29) is 47.8 Å². The van der Waals surface area contributed by atoms with E-state index in [9.17, 15) is 13.6 Å². The number of rotatable bonds is 8. The first-order chi connectivity index (χ1) is 12.5. The summed E-state index contributed by atoms with van der Waals surface area (Å²) in [6.07, 6.45) is 5.59. The van der Waals surface area contributed by atoms with Gasteiger partial charge in [0.2, 0.25) is 5.91 Å². The SMILES string of the molecule is COc1cc(CN(C(=O)C[C@@H]2CCC[C@H]2N)C2CC2)ccc1OC(F)F.Cl. The minimum Gasteiger partial charge on any atom is -0.493 e. The molecule has 2 aliphatic rings. The van der Waals surface area contributed by atoms with Crippen LogP contribution in [0.3, 0.4) is 0 Å². The lowest BCUT2D eigenvalue weighted by Crippen LogP contribution is -2.36. The Morgan fingerprint density at radius 1 is 1.26 bits per heavy atom. The predicted octanol–water partition coefficient (Wildman–Crippen LogP) is 3.73. The van der Waals surface area contributed by atoms with Crippen molar-refractivity contribution in [2.45, 2.75) is 63.8 Å². The Hall–Kier alpha value is -1.60. The predicted molar refractivity (Wildman–Crippen MR) is 100 cm³/mol. The minimum atomic E-state index is -2.91. The molecule has 0 unspecified atom stereocenters. The highest BCUT2D eigenvalue weighted by Crippen LogP contribution is 2.34. The van der Waals surface area contributed by atoms with Gasteiger partial charge in [-0.1, -0.05) is 12.5 Å². The van der Waals surface area contributed by atoms with Crippen molar-refractivity contribution < 1.29 is 23.0 Å². The van der Waals surface area contributed by atoms with Crippen molar-refractivity contribution >= 4 is 18.3 Å². The molecule has 0 saturated heterocycles. The van der Waals surface area contributed by atoms with Crippen LogP contribution >= 0.6 is 12.4 Å². The third-order valence-corrected chi connectivity index (χ3v) is 5.26. The van der Waals surface area contributed by atoms with Crippen LogP contribution in [-0.2, 0) is 11.3 Å². The standard InChI is InChI=1S/C19H26F2N2O3.ClH/c1-25-17-9-12(5-8-16(17)26-19(20)21)11-23(14-6-7-14)18(24)10-13-3-2-4-15(13)22;/h5,8-9,13-15,19H,2-4,6-7,10-11,22H2,1H3;1H/t13-,15+;/m0./s1. The quantitative estimate of drug-likeness (QED) is 0.717. The van der Waals surface area contributed by atoms with Crippen LogP contribution in [0.1, 0.15) is 44.1 Å². The maximum atomic E-state index is 12.8. The van der Waals surface area contributed by atoms with Gasteiger partial charge in [0.15, 0.2) is 11.5 Å². The van der Waals surface area contributed by atoms with Crippen molar-refractivity contribution in [2.75, 3.05) is 7.11 Å². The van der Waals surface area contributed by atoms with Crippen molar-refractivity contribution in [1.29, 1.82) is 0 Å². The first kappa shape index (κ1) is 21.7. The number of nitrogens with two attached hydrogens (primary N) is 1. The highest BCUT2D eigenvalue weighted by Gasteiger charge is 2.35. The normalized spacial score (nSPS) is 21.7. The van der Waals surface area contributed by atoms with Gasteiger partial charge in [0.05, 0.1) is 7.11 Å². The Morgan fingerprint density at radius 3 is 2.56 bits per heavy atom. The molecule has 0 aliphatic heterocycles. The van der Waals surface area contributed by atoms with E-state index in [0.29, 0.717) is 13.0 Å². The summed E-state index contributed by atoms with van der Waals surface area (Å²) in [7, 11) is 1.41. The monoisotopic (exact) mass is 404 g/mol. The molecule has 0 bridgehead atoms. The number of hydrogen-bond acceptors (Lipinski definition) is 4. The van der Waals surface area contributed by atoms with E-state index in [1.165, 1.54) is 13.2 Å². The maximum absolute atomic E-state index is 12.8. The number of alkyl halides is 2. The Kier molecular flexibility index (Phi) is 7.68. The second-order valence-electron chi connectivity index (χ2n) is 7.18. The summed E-state index contributed by atoms with van der Waals surface area (Å²) in [6, 6.07) is 5.20. The molecule has 2 saturated carbocycles. The topological polar surface area (TPSA) is 64.8 Å². The number of carbonyl (C=O) groups is 1. The van der Waals surface area contributed by atoms with Gasteiger partial charge < -0.3 is 20.1 Å². The lowest BCUT2D eigenvalue weighted by molar-refractivity contribution is -0.133. The number of hydrogen-bond donors (Lipinski definition) is 1. The van der Waals surface area contributed by atoms with Gasteiger partial charge in [-0.15, -0.1) is 12.4 Å². The number of halogens is 3. The highest BCUT2D eigenvalue weighted by atomic mass is 35.5. The molecule has 5 nitrogen and oxygen atoms in total. The van der Waals surface area contributed by atoms with Crippen molar-refractivity contribution in [3.05, 3.63) is 23.8 Å². The van der Waals surface area contributed by atoms with Crippen molar-refractivity contribution in [1.82, 2.24) is 4.90 Å². The molecule has 2 N–H and O–H groups in total. The minimum absolute atomic E-state index is 0. The first-order valence-electron chi connectivity index (χ1n) is 9.14. The summed E-state index contributed by atoms with van der Waals surface area (Å²) in [6.45, 7) is -2.47. The molecule has 2 aliphatic carbocycles. The summed E-state index contributed by atoms with van der Waals surface area (Å²) < 4.78 is 34.5. The fraction of sp³-hybridized carbons (Fsp3) is 0.632. The summed E-state index contributed by atoms with van der Waals surface area (Å²) in [4.78, 5) is 14.7. The van der Waals surface area contributed by atoms with Gasteiger partial charge >= 0.3 is 6.61 Å². The molecule has 3 rings (SSSR count). The maximum Gasteiger partial charge on any atom is 0.387 e. The van der Waals surface area contributed by atoms with Gasteiger partial charge in [0.25, 0.3) is 0 Å². The summed E-state index contributed by atoms with van der Waals surface area (Å²) in [5, 5.41) is 0. The van der Waals surface area contributed by atoms with Crippen LogP contribution in [0.5, 0.6) is 11.5 Å². The van der Waals surface area contributed by atoms with Crippen LogP contribution in [-0.4, -0.2) is 36.6 Å². The van der Waals surface area contributed by atoms with Crippen LogP contribution in [0.15, 0.2) is 18.2 Å². The van der Waals surface area contributed by atoms with Gasteiger partial charge in [-0.2, -0.15) is 8.78 Å². The molecule has 27 heavy (non-hydrogen) atoms. The average Bonchev–Trinajstić information content (AvgIpc) is 3.36. The van der Waals surface area contributed by atoms with E-state index in [2.05, 4.69) is 4.74 Å². The van der Waals surface area contributed by atoms with Crippen LogP contribution in [0, 0.1) is 5.92 Å². The molecule has 1 aromatic carbocycles. The van der Waals surface area contributed by atoms with Gasteiger partial charge in [-0.05, 0) is 49.3 Å². The number of methoxy groups -OCH3 is 1. The number of benzene rings is 1. The van der Waals surface area contributed by atoms with Gasteiger partial charge in [0.1, 0.15) is 0 Å². The van der Waals surface area contributed by atoms with E-state index >= 15 is 0 Å². The highest BCUT2D eigenvalue weighted by molar-refractivity contribution is 5.85. The zero-order chi connectivity index (χ0) is 18.7. The van der Waals surface area contributed by atoms with Crippen LogP contribution < -0.4 is 15.2 Å². The molecule has 0 radical (unpaired) electrons. The third kappa shape index (κ3) is 5.69. The molecule has 1 amide bonds. The van der Waals surface area contributed by atoms with E-state index in [0.717, 1.165) is 37.7 Å². The largest absolute Gasteiger partial charge is 0.493 e. The van der Waals surface area contributed by atoms with Crippen LogP contribution in [0.25, 0.3) is 0 Å². The van der Waals surface area contributed by atoms with Crippen LogP contribution in [0.4, 0.5) is 8.78 Å². The second kappa shape index (κ2) is 9.55. The molecule has 2 atom stereocenters. The van der Waals surface area contributed by atoms with E-state index < -0.39 is 6.61 Å². The lowest BCUT2D eigenvalue weighted by Gasteiger charge is -2.25. The Labute approximate surface area is 164 Å². The van der Waals surface area contributed by atoms with Gasteiger partial charge in [-0.3, -0.25) is 4.79 Å². The van der Waals surface area contributed by atoms with Gasteiger partial charge in [-0.25, -0.2) is 0 Å². The molecular weight excluding hydrogens is 378 g/mol. The second-order valence-corrected chi connectivity index (χ2v) is 7.18. The van der Waals surface area contributed by atoms with Gasteiger partial charge in [0, 0.05) is 25.0 Å². The molecule has 0 heterocycles. The fourth-order valence-electron chi connectivity index (χ4n) is 3.67. The molecule has 8 heteroatoms. The molecular formula is C19H27ClF2N2O3. The molecule has 0 spiro atoms.